The summed E-state index contributed by atoms with van der Waals surface area (Å²) in [5.41, 5.74) is 1.25. The van der Waals surface area contributed by atoms with Gasteiger partial charge in [0, 0.05) is 28.3 Å². The zero-order valence-corrected chi connectivity index (χ0v) is 11.2. The number of hydrogen-bond acceptors (Lipinski definition) is 3. The van der Waals surface area contributed by atoms with Gasteiger partial charge in [-0.15, -0.1) is 11.8 Å². The molecule has 0 fully saturated rings. The van der Waals surface area contributed by atoms with E-state index in [0.29, 0.717) is 5.25 Å². The number of nitrogens with one attached hydrogen (secondary N) is 1. The fourth-order valence-electron chi connectivity index (χ4n) is 1.43. The molecule has 4 heteroatoms. The molecule has 1 unspecified atom stereocenters. The first-order chi connectivity index (χ1) is 7.67. The van der Waals surface area contributed by atoms with E-state index < -0.39 is 0 Å². The molecule has 0 spiro atoms. The number of aliphatic hydroxyl groups excluding tert-OH is 1. The van der Waals surface area contributed by atoms with Crippen molar-refractivity contribution < 1.29 is 5.11 Å². The standard InChI is InChI=1S/C12H18ClNOS/c1-9(5-6-15)16-12-7-11(13)4-3-10(12)8-14-2/h3-4,7,9,14-15H,5-6,8H2,1-2H3. The lowest BCUT2D eigenvalue weighted by Crippen LogP contribution is -2.07. The van der Waals surface area contributed by atoms with Crippen LogP contribution in [0.15, 0.2) is 23.1 Å². The van der Waals surface area contributed by atoms with Gasteiger partial charge in [0.25, 0.3) is 0 Å². The molecule has 0 heterocycles. The molecule has 0 bridgehead atoms. The lowest BCUT2D eigenvalue weighted by molar-refractivity contribution is 0.289. The normalized spacial score (nSPS) is 12.8. The molecule has 1 rings (SSSR count). The third-order valence-electron chi connectivity index (χ3n) is 2.26. The van der Waals surface area contributed by atoms with E-state index in [-0.39, 0.29) is 6.61 Å². The summed E-state index contributed by atoms with van der Waals surface area (Å²) in [7, 11) is 1.93. The molecular formula is C12H18ClNOS. The van der Waals surface area contributed by atoms with Gasteiger partial charge in [0.1, 0.15) is 0 Å². The zero-order valence-electron chi connectivity index (χ0n) is 9.66. The van der Waals surface area contributed by atoms with Gasteiger partial charge in [-0.05, 0) is 31.2 Å². The van der Waals surface area contributed by atoms with Crippen molar-refractivity contribution in [3.05, 3.63) is 28.8 Å². The first kappa shape index (κ1) is 13.8. The maximum atomic E-state index is 8.89. The predicted octanol–water partition coefficient (Wildman–Crippen LogP) is 2.92. The summed E-state index contributed by atoms with van der Waals surface area (Å²) in [4.78, 5) is 1.20. The molecule has 2 N–H and O–H groups in total. The van der Waals surface area contributed by atoms with Crippen molar-refractivity contribution in [3.8, 4) is 0 Å². The van der Waals surface area contributed by atoms with Gasteiger partial charge in [-0.3, -0.25) is 0 Å². The smallest absolute Gasteiger partial charge is 0.0441 e. The fourth-order valence-corrected chi connectivity index (χ4v) is 2.81. The van der Waals surface area contributed by atoms with Crippen LogP contribution in [-0.2, 0) is 6.54 Å². The highest BCUT2D eigenvalue weighted by molar-refractivity contribution is 8.00. The molecule has 0 saturated carbocycles. The summed E-state index contributed by atoms with van der Waals surface area (Å²) in [6, 6.07) is 5.95. The molecular weight excluding hydrogens is 242 g/mol. The van der Waals surface area contributed by atoms with E-state index >= 15 is 0 Å². The Kier molecular flexibility index (Phi) is 6.21. The minimum Gasteiger partial charge on any atom is -0.396 e. The number of thioether (sulfide) groups is 1. The van der Waals surface area contributed by atoms with E-state index in [1.165, 1.54) is 10.5 Å². The lowest BCUT2D eigenvalue weighted by atomic mass is 10.2. The van der Waals surface area contributed by atoms with Gasteiger partial charge in [0.05, 0.1) is 0 Å². The van der Waals surface area contributed by atoms with E-state index in [2.05, 4.69) is 12.2 Å². The van der Waals surface area contributed by atoms with Crippen LogP contribution in [0.1, 0.15) is 18.9 Å². The molecule has 2 nitrogen and oxygen atoms in total. The number of hydrogen-bond donors (Lipinski definition) is 2. The fraction of sp³-hybridized carbons (Fsp3) is 0.500. The van der Waals surface area contributed by atoms with Crippen LogP contribution in [0.5, 0.6) is 0 Å². The van der Waals surface area contributed by atoms with Gasteiger partial charge < -0.3 is 10.4 Å². The number of aliphatic hydroxyl groups is 1. The highest BCUT2D eigenvalue weighted by Crippen LogP contribution is 2.30. The molecule has 1 aromatic rings. The third kappa shape index (κ3) is 4.34. The van der Waals surface area contributed by atoms with Gasteiger partial charge >= 0.3 is 0 Å². The van der Waals surface area contributed by atoms with E-state index in [1.54, 1.807) is 11.8 Å². The first-order valence-electron chi connectivity index (χ1n) is 5.38. The van der Waals surface area contributed by atoms with Gasteiger partial charge in [-0.25, -0.2) is 0 Å². The maximum Gasteiger partial charge on any atom is 0.0441 e. The van der Waals surface area contributed by atoms with Crippen molar-refractivity contribution in [2.24, 2.45) is 0 Å². The van der Waals surface area contributed by atoms with Gasteiger partial charge in [-0.2, -0.15) is 0 Å². The summed E-state index contributed by atoms with van der Waals surface area (Å²) in [6.45, 7) is 3.19. The summed E-state index contributed by atoms with van der Waals surface area (Å²) in [5, 5.41) is 13.2. The van der Waals surface area contributed by atoms with Crippen LogP contribution in [-0.4, -0.2) is 24.0 Å². The Morgan fingerprint density at radius 2 is 2.25 bits per heavy atom. The van der Waals surface area contributed by atoms with Crippen molar-refractivity contribution in [1.82, 2.24) is 5.32 Å². The molecule has 0 amide bonds. The number of rotatable bonds is 6. The van der Waals surface area contributed by atoms with Crippen molar-refractivity contribution >= 4 is 23.4 Å². The van der Waals surface area contributed by atoms with E-state index in [0.717, 1.165) is 18.0 Å². The minimum atomic E-state index is 0.232. The summed E-state index contributed by atoms with van der Waals surface area (Å²) >= 11 is 7.76. The monoisotopic (exact) mass is 259 g/mol. The molecule has 1 aromatic carbocycles. The van der Waals surface area contributed by atoms with E-state index in [9.17, 15) is 0 Å². The SMILES string of the molecule is CNCc1ccc(Cl)cc1SC(C)CCO. The molecule has 16 heavy (non-hydrogen) atoms. The van der Waals surface area contributed by atoms with Gasteiger partial charge in [-0.1, -0.05) is 24.6 Å². The third-order valence-corrected chi connectivity index (χ3v) is 3.77. The van der Waals surface area contributed by atoms with E-state index in [1.807, 2.05) is 25.2 Å². The number of halogens is 1. The quantitative estimate of drug-likeness (QED) is 0.771. The Hall–Kier alpha value is -0.220. The van der Waals surface area contributed by atoms with Crippen LogP contribution in [0.25, 0.3) is 0 Å². The largest absolute Gasteiger partial charge is 0.396 e. The van der Waals surface area contributed by atoms with Crippen molar-refractivity contribution in [2.45, 2.75) is 30.0 Å². The molecule has 0 aromatic heterocycles. The lowest BCUT2D eigenvalue weighted by Gasteiger charge is -2.13. The average Bonchev–Trinajstić information content (AvgIpc) is 2.22. The predicted molar refractivity (Wildman–Crippen MR) is 71.2 cm³/mol. The summed E-state index contributed by atoms with van der Waals surface area (Å²) in [6.07, 6.45) is 0.802. The van der Waals surface area contributed by atoms with Crippen LogP contribution in [0.4, 0.5) is 0 Å². The Labute approximate surface area is 106 Å². The highest BCUT2D eigenvalue weighted by Gasteiger charge is 2.08. The second-order valence-electron chi connectivity index (χ2n) is 3.72. The molecule has 0 aliphatic heterocycles. The minimum absolute atomic E-state index is 0.232. The molecule has 0 aliphatic carbocycles. The summed E-state index contributed by atoms with van der Waals surface area (Å²) in [5.74, 6) is 0. The van der Waals surface area contributed by atoms with Crippen molar-refractivity contribution in [3.63, 3.8) is 0 Å². The second kappa shape index (κ2) is 7.17. The molecule has 90 valence electrons. The highest BCUT2D eigenvalue weighted by atomic mass is 35.5. The second-order valence-corrected chi connectivity index (χ2v) is 5.64. The van der Waals surface area contributed by atoms with Crippen molar-refractivity contribution in [1.29, 1.82) is 0 Å². The van der Waals surface area contributed by atoms with Crippen LogP contribution in [0, 0.1) is 0 Å². The van der Waals surface area contributed by atoms with Crippen LogP contribution < -0.4 is 5.32 Å². The van der Waals surface area contributed by atoms with Crippen LogP contribution >= 0.6 is 23.4 Å². The first-order valence-corrected chi connectivity index (χ1v) is 6.63. The van der Waals surface area contributed by atoms with Gasteiger partial charge in [0.15, 0.2) is 0 Å². The molecule has 1 atom stereocenters. The Morgan fingerprint density at radius 3 is 2.88 bits per heavy atom. The molecule has 0 aliphatic rings. The average molecular weight is 260 g/mol. The van der Waals surface area contributed by atoms with Gasteiger partial charge in [0.2, 0.25) is 0 Å². The topological polar surface area (TPSA) is 32.3 Å². The summed E-state index contributed by atoms with van der Waals surface area (Å²) < 4.78 is 0. The van der Waals surface area contributed by atoms with Crippen molar-refractivity contribution in [2.75, 3.05) is 13.7 Å². The number of benzene rings is 1. The molecule has 0 saturated heterocycles. The Balaban J connectivity index is 2.78. The maximum absolute atomic E-state index is 8.89. The Bertz CT molecular complexity index is 333. The molecule has 0 radical (unpaired) electrons. The van der Waals surface area contributed by atoms with E-state index in [4.69, 9.17) is 16.7 Å². The zero-order chi connectivity index (χ0) is 12.0. The van der Waals surface area contributed by atoms with Crippen LogP contribution in [0.2, 0.25) is 5.02 Å². The van der Waals surface area contributed by atoms with Crippen LogP contribution in [0.3, 0.4) is 0 Å². The Morgan fingerprint density at radius 1 is 1.50 bits per heavy atom.